The fraction of sp³-hybridized carbons (Fsp3) is 0.188. The van der Waals surface area contributed by atoms with Gasteiger partial charge in [-0.2, -0.15) is 10.2 Å². The molecule has 0 atom stereocenters. The summed E-state index contributed by atoms with van der Waals surface area (Å²) in [5.74, 6) is -0.160. The fourth-order valence-electron chi connectivity index (χ4n) is 2.24. The molecule has 0 fully saturated rings. The molecule has 124 valence electrons. The maximum atomic E-state index is 12.0. The Hall–Kier alpha value is -2.31. The number of rotatable bonds is 5. The van der Waals surface area contributed by atoms with Crippen LogP contribution in [0.2, 0.25) is 10.0 Å². The number of aryl methyl sites for hydroxylation is 1. The van der Waals surface area contributed by atoms with Crippen LogP contribution in [0.25, 0.3) is 0 Å². The Morgan fingerprint density at radius 3 is 2.62 bits per heavy atom. The van der Waals surface area contributed by atoms with Crippen molar-refractivity contribution >= 4 is 34.8 Å². The quantitative estimate of drug-likeness (QED) is 0.755. The summed E-state index contributed by atoms with van der Waals surface area (Å²) in [4.78, 5) is 12.0. The number of nitrogens with zero attached hydrogens (tertiary/aromatic N) is 4. The number of aromatic nitrogens is 4. The van der Waals surface area contributed by atoms with Gasteiger partial charge in [-0.3, -0.25) is 14.2 Å². The molecule has 0 aliphatic carbocycles. The highest BCUT2D eigenvalue weighted by Gasteiger charge is 2.07. The largest absolute Gasteiger partial charge is 0.322 e. The molecule has 0 saturated carbocycles. The predicted octanol–water partition coefficient (Wildman–Crippen LogP) is 3.38. The number of hydrogen-bond donors (Lipinski definition) is 1. The van der Waals surface area contributed by atoms with Gasteiger partial charge in [-0.1, -0.05) is 29.3 Å². The van der Waals surface area contributed by atoms with Crippen LogP contribution in [0, 0.1) is 6.92 Å². The first kappa shape index (κ1) is 16.5. The minimum Gasteiger partial charge on any atom is -0.322 e. The molecule has 0 bridgehead atoms. The van der Waals surface area contributed by atoms with Crippen LogP contribution in [0.5, 0.6) is 0 Å². The van der Waals surface area contributed by atoms with Crippen LogP contribution in [0.4, 0.5) is 5.69 Å². The standard InChI is InChI=1S/C16H15Cl2N5O/c1-11-5-19-22(7-11)10-16(24)21-13-6-20-23(9-13)8-12-2-3-14(17)15(18)4-12/h2-7,9H,8,10H2,1H3,(H,21,24). The third-order valence-corrected chi connectivity index (χ3v) is 4.05. The van der Waals surface area contributed by atoms with Crippen molar-refractivity contribution in [3.8, 4) is 0 Å². The lowest BCUT2D eigenvalue weighted by molar-refractivity contribution is -0.116. The van der Waals surface area contributed by atoms with E-state index in [1.807, 2.05) is 19.2 Å². The third kappa shape index (κ3) is 4.15. The van der Waals surface area contributed by atoms with E-state index in [4.69, 9.17) is 23.2 Å². The van der Waals surface area contributed by atoms with Gasteiger partial charge in [0.25, 0.3) is 0 Å². The lowest BCUT2D eigenvalue weighted by atomic mass is 10.2. The summed E-state index contributed by atoms with van der Waals surface area (Å²) in [7, 11) is 0. The van der Waals surface area contributed by atoms with Crippen LogP contribution in [0.3, 0.4) is 0 Å². The first-order valence-corrected chi connectivity index (χ1v) is 8.00. The molecule has 3 rings (SSSR count). The second kappa shape index (κ2) is 7.07. The number of amides is 1. The van der Waals surface area contributed by atoms with Crippen molar-refractivity contribution in [3.63, 3.8) is 0 Å². The van der Waals surface area contributed by atoms with Crippen LogP contribution < -0.4 is 5.32 Å². The van der Waals surface area contributed by atoms with Crippen molar-refractivity contribution in [2.75, 3.05) is 5.32 Å². The summed E-state index contributed by atoms with van der Waals surface area (Å²) < 4.78 is 3.30. The molecule has 0 saturated heterocycles. The average Bonchev–Trinajstić information content (AvgIpc) is 3.12. The van der Waals surface area contributed by atoms with Crippen molar-refractivity contribution in [3.05, 3.63) is 64.2 Å². The summed E-state index contributed by atoms with van der Waals surface area (Å²) in [5, 5.41) is 12.1. The van der Waals surface area contributed by atoms with Gasteiger partial charge in [0.2, 0.25) is 5.91 Å². The molecule has 6 nitrogen and oxygen atoms in total. The topological polar surface area (TPSA) is 64.7 Å². The predicted molar refractivity (Wildman–Crippen MR) is 93.4 cm³/mol. The molecule has 1 aromatic carbocycles. The van der Waals surface area contributed by atoms with E-state index in [9.17, 15) is 4.79 Å². The molecular formula is C16H15Cl2N5O. The van der Waals surface area contributed by atoms with Crippen molar-refractivity contribution in [2.45, 2.75) is 20.0 Å². The van der Waals surface area contributed by atoms with E-state index in [0.717, 1.165) is 11.1 Å². The Labute approximate surface area is 149 Å². The third-order valence-electron chi connectivity index (χ3n) is 3.31. The molecule has 0 aliphatic heterocycles. The summed E-state index contributed by atoms with van der Waals surface area (Å²) in [6, 6.07) is 5.43. The van der Waals surface area contributed by atoms with E-state index in [2.05, 4.69) is 15.5 Å². The summed E-state index contributed by atoms with van der Waals surface area (Å²) in [6.07, 6.45) is 6.88. The molecule has 2 aromatic heterocycles. The Morgan fingerprint density at radius 2 is 1.92 bits per heavy atom. The van der Waals surface area contributed by atoms with E-state index in [1.165, 1.54) is 0 Å². The smallest absolute Gasteiger partial charge is 0.246 e. The number of carbonyl (C=O) groups excluding carboxylic acids is 1. The van der Waals surface area contributed by atoms with Crippen LogP contribution in [0.1, 0.15) is 11.1 Å². The molecule has 24 heavy (non-hydrogen) atoms. The lowest BCUT2D eigenvalue weighted by Gasteiger charge is -2.04. The molecule has 2 heterocycles. The fourth-order valence-corrected chi connectivity index (χ4v) is 2.56. The van der Waals surface area contributed by atoms with Crippen molar-refractivity contribution in [1.29, 1.82) is 0 Å². The Bertz CT molecular complexity index is 871. The van der Waals surface area contributed by atoms with E-state index in [1.54, 1.807) is 40.1 Å². The molecular weight excluding hydrogens is 349 g/mol. The van der Waals surface area contributed by atoms with Crippen LogP contribution >= 0.6 is 23.2 Å². The zero-order valence-electron chi connectivity index (χ0n) is 12.9. The van der Waals surface area contributed by atoms with E-state index in [0.29, 0.717) is 22.3 Å². The highest BCUT2D eigenvalue weighted by atomic mass is 35.5. The SMILES string of the molecule is Cc1cnn(CC(=O)Nc2cnn(Cc3ccc(Cl)c(Cl)c3)c2)c1. The number of hydrogen-bond acceptors (Lipinski definition) is 3. The van der Waals surface area contributed by atoms with Crippen LogP contribution in [-0.4, -0.2) is 25.5 Å². The molecule has 1 N–H and O–H groups in total. The first-order valence-electron chi connectivity index (χ1n) is 7.25. The van der Waals surface area contributed by atoms with Crippen molar-refractivity contribution in [2.24, 2.45) is 0 Å². The summed E-state index contributed by atoms with van der Waals surface area (Å²) in [5.41, 5.74) is 2.61. The molecule has 0 unspecified atom stereocenters. The molecule has 8 heteroatoms. The summed E-state index contributed by atoms with van der Waals surface area (Å²) >= 11 is 11.9. The Kier molecular flexibility index (Phi) is 4.87. The minimum absolute atomic E-state index is 0.159. The molecule has 0 spiro atoms. The van der Waals surface area contributed by atoms with Crippen LogP contribution in [-0.2, 0) is 17.9 Å². The van der Waals surface area contributed by atoms with Gasteiger partial charge in [-0.25, -0.2) is 0 Å². The summed E-state index contributed by atoms with van der Waals surface area (Å²) in [6.45, 7) is 2.62. The van der Waals surface area contributed by atoms with Crippen molar-refractivity contribution in [1.82, 2.24) is 19.6 Å². The van der Waals surface area contributed by atoms with Gasteiger partial charge in [-0.15, -0.1) is 0 Å². The van der Waals surface area contributed by atoms with Gasteiger partial charge < -0.3 is 5.32 Å². The number of benzene rings is 1. The van der Waals surface area contributed by atoms with Crippen molar-refractivity contribution < 1.29 is 4.79 Å². The molecule has 3 aromatic rings. The van der Waals surface area contributed by atoms with Gasteiger partial charge in [-0.05, 0) is 30.2 Å². The van der Waals surface area contributed by atoms with E-state index in [-0.39, 0.29) is 12.5 Å². The zero-order chi connectivity index (χ0) is 17.1. The second-order valence-corrected chi connectivity index (χ2v) is 6.25. The highest BCUT2D eigenvalue weighted by Crippen LogP contribution is 2.23. The number of anilines is 1. The Morgan fingerprint density at radius 1 is 1.12 bits per heavy atom. The Balaban J connectivity index is 1.60. The second-order valence-electron chi connectivity index (χ2n) is 5.44. The molecule has 1 amide bonds. The van der Waals surface area contributed by atoms with E-state index >= 15 is 0 Å². The molecule has 0 aliphatic rings. The maximum Gasteiger partial charge on any atom is 0.246 e. The minimum atomic E-state index is -0.160. The van der Waals surface area contributed by atoms with Gasteiger partial charge in [0.1, 0.15) is 6.54 Å². The van der Waals surface area contributed by atoms with Gasteiger partial charge in [0.05, 0.1) is 34.7 Å². The highest BCUT2D eigenvalue weighted by molar-refractivity contribution is 6.42. The normalized spacial score (nSPS) is 10.8. The zero-order valence-corrected chi connectivity index (χ0v) is 14.4. The van der Waals surface area contributed by atoms with E-state index < -0.39 is 0 Å². The lowest BCUT2D eigenvalue weighted by Crippen LogP contribution is -2.18. The van der Waals surface area contributed by atoms with Gasteiger partial charge in [0.15, 0.2) is 0 Å². The average molecular weight is 364 g/mol. The molecule has 0 radical (unpaired) electrons. The monoisotopic (exact) mass is 363 g/mol. The number of nitrogens with one attached hydrogen (secondary N) is 1. The maximum absolute atomic E-state index is 12.0. The number of carbonyl (C=O) groups is 1. The van der Waals surface area contributed by atoms with Gasteiger partial charge in [0, 0.05) is 12.4 Å². The number of halogens is 2. The van der Waals surface area contributed by atoms with Crippen LogP contribution in [0.15, 0.2) is 43.0 Å². The first-order chi connectivity index (χ1) is 11.5. The van der Waals surface area contributed by atoms with Gasteiger partial charge >= 0.3 is 0 Å².